The number of likely N-dealkylation sites (N-methyl/N-ethyl adjacent to an activating group) is 1. The van der Waals surface area contributed by atoms with Crippen LogP contribution in [0.2, 0.25) is 0 Å². The molecule has 1 aromatic carbocycles. The SMILES string of the molecule is CN1CCN(C(=O)[C@H]2CC(=O)N(C)C2)[C@@H](c2ccccc2)C1. The maximum Gasteiger partial charge on any atom is 0.228 e. The van der Waals surface area contributed by atoms with Crippen LogP contribution in [0.4, 0.5) is 0 Å². The van der Waals surface area contributed by atoms with E-state index in [1.807, 2.05) is 23.1 Å². The minimum atomic E-state index is -0.188. The van der Waals surface area contributed by atoms with Crippen molar-refractivity contribution in [2.45, 2.75) is 12.5 Å². The van der Waals surface area contributed by atoms with E-state index in [2.05, 4.69) is 24.1 Å². The van der Waals surface area contributed by atoms with Crippen LogP contribution in [0.25, 0.3) is 0 Å². The van der Waals surface area contributed by atoms with Crippen molar-refractivity contribution >= 4 is 11.8 Å². The summed E-state index contributed by atoms with van der Waals surface area (Å²) < 4.78 is 0. The summed E-state index contributed by atoms with van der Waals surface area (Å²) in [5.74, 6) is 0.00973. The van der Waals surface area contributed by atoms with Gasteiger partial charge in [-0.2, -0.15) is 0 Å². The Morgan fingerprint density at radius 2 is 1.82 bits per heavy atom. The summed E-state index contributed by atoms with van der Waals surface area (Å²) in [6.45, 7) is 2.99. The molecule has 2 aliphatic heterocycles. The molecule has 0 N–H and O–H groups in total. The van der Waals surface area contributed by atoms with Crippen molar-refractivity contribution in [2.24, 2.45) is 5.92 Å². The van der Waals surface area contributed by atoms with E-state index < -0.39 is 0 Å². The number of carbonyl (C=O) groups is 2. The second-order valence-corrected chi connectivity index (χ2v) is 6.40. The van der Waals surface area contributed by atoms with Crippen LogP contribution < -0.4 is 0 Å². The lowest BCUT2D eigenvalue weighted by molar-refractivity contribution is -0.140. The molecule has 0 radical (unpaired) electrons. The van der Waals surface area contributed by atoms with E-state index in [4.69, 9.17) is 0 Å². The van der Waals surface area contributed by atoms with Gasteiger partial charge in [0.2, 0.25) is 11.8 Å². The van der Waals surface area contributed by atoms with Crippen LogP contribution in [0.1, 0.15) is 18.0 Å². The molecule has 0 spiro atoms. The molecule has 2 aliphatic rings. The fraction of sp³-hybridized carbons (Fsp3) is 0.529. The van der Waals surface area contributed by atoms with Crippen molar-refractivity contribution in [1.29, 1.82) is 0 Å². The van der Waals surface area contributed by atoms with Crippen LogP contribution in [0.15, 0.2) is 30.3 Å². The van der Waals surface area contributed by atoms with Gasteiger partial charge in [0.05, 0.1) is 12.0 Å². The van der Waals surface area contributed by atoms with Gasteiger partial charge in [-0.05, 0) is 12.6 Å². The first kappa shape index (κ1) is 15.0. The Kier molecular flexibility index (Phi) is 4.16. The second-order valence-electron chi connectivity index (χ2n) is 6.40. The summed E-state index contributed by atoms with van der Waals surface area (Å²) in [6, 6.07) is 10.3. The molecule has 2 heterocycles. The molecule has 0 bridgehead atoms. The Morgan fingerprint density at radius 3 is 2.45 bits per heavy atom. The predicted octanol–water partition coefficient (Wildman–Crippen LogP) is 0.980. The van der Waals surface area contributed by atoms with Gasteiger partial charge in [0, 0.05) is 39.6 Å². The average Bonchev–Trinajstić information content (AvgIpc) is 2.87. The highest BCUT2D eigenvalue weighted by Crippen LogP contribution is 2.28. The third kappa shape index (κ3) is 2.86. The quantitative estimate of drug-likeness (QED) is 0.818. The smallest absolute Gasteiger partial charge is 0.228 e. The van der Waals surface area contributed by atoms with Crippen LogP contribution in [0, 0.1) is 5.92 Å². The molecule has 2 atom stereocenters. The van der Waals surface area contributed by atoms with E-state index in [1.165, 1.54) is 5.56 Å². The number of nitrogens with zero attached hydrogens (tertiary/aromatic N) is 3. The molecule has 1 aromatic rings. The number of hydrogen-bond acceptors (Lipinski definition) is 3. The summed E-state index contributed by atoms with van der Waals surface area (Å²) in [4.78, 5) is 30.5. The first-order valence-electron chi connectivity index (χ1n) is 7.84. The van der Waals surface area contributed by atoms with Crippen LogP contribution in [0.5, 0.6) is 0 Å². The van der Waals surface area contributed by atoms with Gasteiger partial charge in [-0.25, -0.2) is 0 Å². The van der Waals surface area contributed by atoms with E-state index >= 15 is 0 Å². The number of amides is 2. The van der Waals surface area contributed by atoms with E-state index in [-0.39, 0.29) is 23.8 Å². The van der Waals surface area contributed by atoms with E-state index in [1.54, 1.807) is 11.9 Å². The molecule has 22 heavy (non-hydrogen) atoms. The number of hydrogen-bond donors (Lipinski definition) is 0. The molecule has 2 fully saturated rings. The second kappa shape index (κ2) is 6.08. The third-order valence-corrected chi connectivity index (χ3v) is 4.74. The van der Waals surface area contributed by atoms with Gasteiger partial charge in [-0.1, -0.05) is 30.3 Å². The Labute approximate surface area is 131 Å². The maximum absolute atomic E-state index is 12.9. The fourth-order valence-corrected chi connectivity index (χ4v) is 3.41. The molecule has 3 rings (SSSR count). The summed E-state index contributed by atoms with van der Waals surface area (Å²) >= 11 is 0. The minimum absolute atomic E-state index is 0.0729. The van der Waals surface area contributed by atoms with Gasteiger partial charge in [0.15, 0.2) is 0 Å². The molecule has 0 aliphatic carbocycles. The lowest BCUT2D eigenvalue weighted by atomic mass is 9.99. The molecular formula is C17H23N3O2. The molecule has 5 heteroatoms. The number of piperazine rings is 1. The normalized spacial score (nSPS) is 26.5. The highest BCUT2D eigenvalue weighted by Gasteiger charge is 2.38. The monoisotopic (exact) mass is 301 g/mol. The lowest BCUT2D eigenvalue weighted by Crippen LogP contribution is -2.51. The number of rotatable bonds is 2. The van der Waals surface area contributed by atoms with Gasteiger partial charge in [-0.3, -0.25) is 9.59 Å². The van der Waals surface area contributed by atoms with Crippen molar-refractivity contribution in [1.82, 2.24) is 14.7 Å². The predicted molar refractivity (Wildman–Crippen MR) is 84.1 cm³/mol. The van der Waals surface area contributed by atoms with E-state index in [0.29, 0.717) is 13.0 Å². The van der Waals surface area contributed by atoms with Crippen LogP contribution in [-0.4, -0.2) is 66.8 Å². The first-order valence-corrected chi connectivity index (χ1v) is 7.84. The minimum Gasteiger partial charge on any atom is -0.345 e. The Hall–Kier alpha value is -1.88. The Balaban J connectivity index is 1.81. The van der Waals surface area contributed by atoms with Gasteiger partial charge in [0.25, 0.3) is 0 Å². The third-order valence-electron chi connectivity index (χ3n) is 4.74. The van der Waals surface area contributed by atoms with Crippen LogP contribution >= 0.6 is 0 Å². The number of carbonyl (C=O) groups excluding carboxylic acids is 2. The molecule has 0 aromatic heterocycles. The molecule has 2 amide bonds. The standard InChI is InChI=1S/C17H23N3O2/c1-18-8-9-20(15(12-18)13-6-4-3-5-7-13)17(22)14-10-16(21)19(2)11-14/h3-7,14-15H,8-12H2,1-2H3/t14-,15+/m0/s1. The summed E-state index contributed by atoms with van der Waals surface area (Å²) in [6.07, 6.45) is 0.350. The van der Waals surface area contributed by atoms with Gasteiger partial charge < -0.3 is 14.7 Å². The average molecular weight is 301 g/mol. The highest BCUT2D eigenvalue weighted by molar-refractivity contribution is 5.89. The summed E-state index contributed by atoms with van der Waals surface area (Å²) in [5, 5.41) is 0. The Morgan fingerprint density at radius 1 is 1.09 bits per heavy atom. The van der Waals surface area contributed by atoms with Crippen molar-refractivity contribution in [3.8, 4) is 0 Å². The fourth-order valence-electron chi connectivity index (χ4n) is 3.41. The molecule has 0 unspecified atom stereocenters. The van der Waals surface area contributed by atoms with Crippen molar-refractivity contribution in [3.63, 3.8) is 0 Å². The maximum atomic E-state index is 12.9. The number of likely N-dealkylation sites (tertiary alicyclic amines) is 1. The van der Waals surface area contributed by atoms with Crippen molar-refractivity contribution < 1.29 is 9.59 Å². The zero-order valence-corrected chi connectivity index (χ0v) is 13.2. The van der Waals surface area contributed by atoms with Gasteiger partial charge >= 0.3 is 0 Å². The van der Waals surface area contributed by atoms with Gasteiger partial charge in [-0.15, -0.1) is 0 Å². The zero-order chi connectivity index (χ0) is 15.7. The van der Waals surface area contributed by atoms with Gasteiger partial charge in [0.1, 0.15) is 0 Å². The van der Waals surface area contributed by atoms with Crippen LogP contribution in [-0.2, 0) is 9.59 Å². The van der Waals surface area contributed by atoms with E-state index in [0.717, 1.165) is 19.6 Å². The summed E-state index contributed by atoms with van der Waals surface area (Å²) in [7, 11) is 3.86. The molecule has 0 saturated carbocycles. The van der Waals surface area contributed by atoms with E-state index in [9.17, 15) is 9.59 Å². The highest BCUT2D eigenvalue weighted by atomic mass is 16.2. The zero-order valence-electron chi connectivity index (χ0n) is 13.2. The summed E-state index contributed by atoms with van der Waals surface area (Å²) in [5.41, 5.74) is 1.17. The van der Waals surface area contributed by atoms with Crippen molar-refractivity contribution in [3.05, 3.63) is 35.9 Å². The lowest BCUT2D eigenvalue weighted by Gasteiger charge is -2.41. The van der Waals surface area contributed by atoms with Crippen molar-refractivity contribution in [2.75, 3.05) is 40.3 Å². The molecule has 118 valence electrons. The molecule has 2 saturated heterocycles. The molecular weight excluding hydrogens is 278 g/mol. The number of benzene rings is 1. The van der Waals surface area contributed by atoms with Crippen LogP contribution in [0.3, 0.4) is 0 Å². The first-order chi connectivity index (χ1) is 10.6. The largest absolute Gasteiger partial charge is 0.345 e. The Bertz CT molecular complexity index is 560. The topological polar surface area (TPSA) is 43.9 Å². The molecule has 5 nitrogen and oxygen atoms in total.